The summed E-state index contributed by atoms with van der Waals surface area (Å²) in [4.78, 5) is 11.3. The van der Waals surface area contributed by atoms with Gasteiger partial charge < -0.3 is 11.5 Å². The van der Waals surface area contributed by atoms with Crippen LogP contribution < -0.4 is 11.5 Å². The summed E-state index contributed by atoms with van der Waals surface area (Å²) >= 11 is 0. The number of amides is 1. The van der Waals surface area contributed by atoms with Gasteiger partial charge in [-0.1, -0.05) is 6.08 Å². The highest BCUT2D eigenvalue weighted by molar-refractivity contribution is 5.81. The standard InChI is InChI=1S/C10H18N2O/c1-2-5-10(9(12)13)6-3-8(11)4-7-10/h2,8H,1,3-7,11H2,(H2,12,13). The van der Waals surface area contributed by atoms with Gasteiger partial charge >= 0.3 is 0 Å². The molecule has 0 aromatic rings. The Hall–Kier alpha value is -0.830. The van der Waals surface area contributed by atoms with Crippen LogP contribution in [0.4, 0.5) is 0 Å². The van der Waals surface area contributed by atoms with Crippen molar-refractivity contribution >= 4 is 5.91 Å². The topological polar surface area (TPSA) is 69.1 Å². The number of rotatable bonds is 3. The predicted octanol–water partition coefficient (Wildman–Crippen LogP) is 0.935. The molecule has 1 amide bonds. The minimum absolute atomic E-state index is 0.195. The van der Waals surface area contributed by atoms with Gasteiger partial charge in [0, 0.05) is 6.04 Å². The Kier molecular flexibility index (Phi) is 3.09. The van der Waals surface area contributed by atoms with Crippen molar-refractivity contribution in [1.29, 1.82) is 0 Å². The second kappa shape index (κ2) is 3.92. The van der Waals surface area contributed by atoms with E-state index in [-0.39, 0.29) is 17.4 Å². The number of hydrogen-bond acceptors (Lipinski definition) is 2. The van der Waals surface area contributed by atoms with Crippen LogP contribution in [0.1, 0.15) is 32.1 Å². The lowest BCUT2D eigenvalue weighted by molar-refractivity contribution is -0.129. The number of hydrogen-bond donors (Lipinski definition) is 2. The van der Waals surface area contributed by atoms with E-state index in [0.29, 0.717) is 6.42 Å². The third-order valence-electron chi connectivity index (χ3n) is 3.05. The summed E-state index contributed by atoms with van der Waals surface area (Å²) in [7, 11) is 0. The number of primary amides is 1. The van der Waals surface area contributed by atoms with Crippen LogP contribution in [0.5, 0.6) is 0 Å². The zero-order valence-corrected chi connectivity index (χ0v) is 7.96. The molecule has 0 unspecified atom stereocenters. The molecule has 0 radical (unpaired) electrons. The number of nitrogens with two attached hydrogens (primary N) is 2. The summed E-state index contributed by atoms with van der Waals surface area (Å²) < 4.78 is 0. The Morgan fingerprint density at radius 3 is 2.46 bits per heavy atom. The Labute approximate surface area is 79.2 Å². The summed E-state index contributed by atoms with van der Waals surface area (Å²) in [5.74, 6) is -0.195. The van der Waals surface area contributed by atoms with Crippen LogP contribution in [0.3, 0.4) is 0 Å². The van der Waals surface area contributed by atoms with E-state index >= 15 is 0 Å². The van der Waals surface area contributed by atoms with Gasteiger partial charge in [0.1, 0.15) is 0 Å². The van der Waals surface area contributed by atoms with Gasteiger partial charge in [0.15, 0.2) is 0 Å². The molecule has 0 spiro atoms. The van der Waals surface area contributed by atoms with Crippen molar-refractivity contribution in [2.24, 2.45) is 16.9 Å². The first kappa shape index (κ1) is 10.3. The summed E-state index contributed by atoms with van der Waals surface area (Å²) in [5, 5.41) is 0. The lowest BCUT2D eigenvalue weighted by Crippen LogP contribution is -2.42. The summed E-state index contributed by atoms with van der Waals surface area (Å²) in [6.45, 7) is 3.66. The fourth-order valence-electron chi connectivity index (χ4n) is 2.02. The van der Waals surface area contributed by atoms with Crippen molar-refractivity contribution in [3.8, 4) is 0 Å². The normalized spacial score (nSPS) is 34.1. The Balaban J connectivity index is 2.68. The van der Waals surface area contributed by atoms with Gasteiger partial charge in [0.2, 0.25) is 5.91 Å². The molecular formula is C10H18N2O. The van der Waals surface area contributed by atoms with Gasteiger partial charge in [0.05, 0.1) is 5.41 Å². The maximum atomic E-state index is 11.3. The molecule has 74 valence electrons. The molecule has 1 aliphatic carbocycles. The van der Waals surface area contributed by atoms with Crippen molar-refractivity contribution in [1.82, 2.24) is 0 Å². The molecule has 13 heavy (non-hydrogen) atoms. The SMILES string of the molecule is C=CCC1(C(N)=O)CCC(N)CC1. The molecule has 1 aliphatic rings. The number of allylic oxidation sites excluding steroid dienone is 1. The van der Waals surface area contributed by atoms with Crippen molar-refractivity contribution < 1.29 is 4.79 Å². The molecule has 0 heterocycles. The number of carbonyl (C=O) groups excluding carboxylic acids is 1. The molecule has 0 aromatic carbocycles. The third-order valence-corrected chi connectivity index (χ3v) is 3.05. The lowest BCUT2D eigenvalue weighted by atomic mass is 9.70. The highest BCUT2D eigenvalue weighted by Gasteiger charge is 2.38. The lowest BCUT2D eigenvalue weighted by Gasteiger charge is -2.35. The van der Waals surface area contributed by atoms with E-state index in [2.05, 4.69) is 6.58 Å². The molecule has 3 nitrogen and oxygen atoms in total. The molecule has 0 bridgehead atoms. The van der Waals surface area contributed by atoms with Crippen LogP contribution in [0.2, 0.25) is 0 Å². The highest BCUT2D eigenvalue weighted by atomic mass is 16.1. The zero-order valence-electron chi connectivity index (χ0n) is 7.96. The van der Waals surface area contributed by atoms with Crippen LogP contribution in [0, 0.1) is 5.41 Å². The molecule has 1 rings (SSSR count). The first-order chi connectivity index (χ1) is 6.10. The van der Waals surface area contributed by atoms with E-state index in [9.17, 15) is 4.79 Å². The molecular weight excluding hydrogens is 164 g/mol. The van der Waals surface area contributed by atoms with Crippen LogP contribution >= 0.6 is 0 Å². The van der Waals surface area contributed by atoms with E-state index in [1.807, 2.05) is 0 Å². The van der Waals surface area contributed by atoms with Gasteiger partial charge in [-0.15, -0.1) is 6.58 Å². The minimum Gasteiger partial charge on any atom is -0.369 e. The van der Waals surface area contributed by atoms with Crippen LogP contribution in [-0.4, -0.2) is 11.9 Å². The van der Waals surface area contributed by atoms with Gasteiger partial charge in [-0.25, -0.2) is 0 Å². The van der Waals surface area contributed by atoms with Crippen molar-refractivity contribution in [3.05, 3.63) is 12.7 Å². The van der Waals surface area contributed by atoms with E-state index in [1.54, 1.807) is 6.08 Å². The Morgan fingerprint density at radius 1 is 1.54 bits per heavy atom. The average Bonchev–Trinajstić information content (AvgIpc) is 2.09. The van der Waals surface area contributed by atoms with Gasteiger partial charge in [-0.05, 0) is 32.1 Å². The van der Waals surface area contributed by atoms with Crippen molar-refractivity contribution in [2.75, 3.05) is 0 Å². The second-order valence-electron chi connectivity index (χ2n) is 3.97. The van der Waals surface area contributed by atoms with E-state index in [0.717, 1.165) is 25.7 Å². The average molecular weight is 182 g/mol. The summed E-state index contributed by atoms with van der Waals surface area (Å²) in [6.07, 6.45) is 5.90. The van der Waals surface area contributed by atoms with Gasteiger partial charge in [-0.2, -0.15) is 0 Å². The maximum Gasteiger partial charge on any atom is 0.223 e. The molecule has 1 saturated carbocycles. The number of carbonyl (C=O) groups is 1. The zero-order chi connectivity index (χ0) is 9.90. The second-order valence-corrected chi connectivity index (χ2v) is 3.97. The Bertz CT molecular complexity index is 205. The molecule has 0 aromatic heterocycles. The van der Waals surface area contributed by atoms with Gasteiger partial charge in [-0.3, -0.25) is 4.79 Å². The third kappa shape index (κ3) is 2.10. The van der Waals surface area contributed by atoms with E-state index in [4.69, 9.17) is 11.5 Å². The van der Waals surface area contributed by atoms with Crippen molar-refractivity contribution in [2.45, 2.75) is 38.1 Å². The molecule has 0 aliphatic heterocycles. The quantitative estimate of drug-likeness (QED) is 0.638. The van der Waals surface area contributed by atoms with E-state index < -0.39 is 0 Å². The minimum atomic E-state index is -0.350. The first-order valence-corrected chi connectivity index (χ1v) is 4.77. The van der Waals surface area contributed by atoms with Crippen LogP contribution in [-0.2, 0) is 4.79 Å². The first-order valence-electron chi connectivity index (χ1n) is 4.77. The molecule has 3 heteroatoms. The fourth-order valence-corrected chi connectivity index (χ4v) is 2.02. The fraction of sp³-hybridized carbons (Fsp3) is 0.700. The van der Waals surface area contributed by atoms with Gasteiger partial charge in [0.25, 0.3) is 0 Å². The van der Waals surface area contributed by atoms with E-state index in [1.165, 1.54) is 0 Å². The highest BCUT2D eigenvalue weighted by Crippen LogP contribution is 2.38. The largest absolute Gasteiger partial charge is 0.369 e. The molecule has 1 fully saturated rings. The summed E-state index contributed by atoms with van der Waals surface area (Å²) in [5.41, 5.74) is 10.8. The maximum absolute atomic E-state index is 11.3. The smallest absolute Gasteiger partial charge is 0.223 e. The molecule has 4 N–H and O–H groups in total. The Morgan fingerprint density at radius 2 is 2.08 bits per heavy atom. The van der Waals surface area contributed by atoms with Crippen LogP contribution in [0.25, 0.3) is 0 Å². The molecule has 0 atom stereocenters. The summed E-state index contributed by atoms with van der Waals surface area (Å²) in [6, 6.07) is 0.247. The monoisotopic (exact) mass is 182 g/mol. The molecule has 0 saturated heterocycles. The predicted molar refractivity (Wildman–Crippen MR) is 52.9 cm³/mol. The van der Waals surface area contributed by atoms with Crippen LogP contribution in [0.15, 0.2) is 12.7 Å². The van der Waals surface area contributed by atoms with Crippen molar-refractivity contribution in [3.63, 3.8) is 0 Å².